The minimum Gasteiger partial charge on any atom is -0.264 e. The van der Waals surface area contributed by atoms with E-state index in [1.807, 2.05) is 55.6 Å². The highest BCUT2D eigenvalue weighted by Gasteiger charge is 2.15. The first kappa shape index (κ1) is 30.2. The van der Waals surface area contributed by atoms with Gasteiger partial charge in [0.2, 0.25) is 0 Å². The molecule has 5 nitrogen and oxygen atoms in total. The Morgan fingerprint density at radius 2 is 0.980 bits per heavy atom. The van der Waals surface area contributed by atoms with Gasteiger partial charge in [0, 0.05) is 51.1 Å². The topological polar surface area (TPSA) is 64.5 Å². The minimum atomic E-state index is 0.663. The molecule has 5 heteroatoms. The first-order valence-electron chi connectivity index (χ1n) is 17.0. The maximum absolute atomic E-state index is 5.20. The zero-order valence-electron chi connectivity index (χ0n) is 27.9. The molecule has 0 unspecified atom stereocenters. The van der Waals surface area contributed by atoms with Crippen molar-refractivity contribution in [1.29, 1.82) is 0 Å². The Labute approximate surface area is 296 Å². The van der Waals surface area contributed by atoms with Gasteiger partial charge in [0.05, 0.1) is 28.1 Å². The molecule has 0 spiro atoms. The summed E-state index contributed by atoms with van der Waals surface area (Å²) in [5, 5.41) is 2.15. The van der Waals surface area contributed by atoms with Crippen molar-refractivity contribution >= 4 is 21.8 Å². The molecule has 0 radical (unpaired) electrons. The molecule has 0 saturated heterocycles. The molecule has 0 atom stereocenters. The summed E-state index contributed by atoms with van der Waals surface area (Å²) in [6, 6.07) is 54.5. The summed E-state index contributed by atoms with van der Waals surface area (Å²) >= 11 is 0. The van der Waals surface area contributed by atoms with Crippen LogP contribution in [0.5, 0.6) is 0 Å². The van der Waals surface area contributed by atoms with Crippen molar-refractivity contribution in [3.8, 4) is 67.4 Å². The number of hydrogen-bond acceptors (Lipinski definition) is 5. The number of rotatable bonds is 6. The zero-order valence-corrected chi connectivity index (χ0v) is 27.9. The highest BCUT2D eigenvalue weighted by molar-refractivity contribution is 6.09. The van der Waals surface area contributed by atoms with E-state index in [0.29, 0.717) is 5.82 Å². The maximum Gasteiger partial charge on any atom is 0.160 e. The smallest absolute Gasteiger partial charge is 0.160 e. The molecule has 0 fully saturated rings. The van der Waals surface area contributed by atoms with Crippen LogP contribution in [0.4, 0.5) is 0 Å². The SMILES string of the molecule is Cc1ccc2ccc3c(-c4cccc(-c5cccc(-c6nc(-c7ccccc7)cc(-c7cccnc7)n6)c5)c4)cc(-c4ccccc4)nc3c2n1. The first-order chi connectivity index (χ1) is 25.2. The van der Waals surface area contributed by atoms with Gasteiger partial charge in [-0.1, -0.05) is 115 Å². The van der Waals surface area contributed by atoms with Crippen LogP contribution in [-0.2, 0) is 0 Å². The third kappa shape index (κ3) is 5.91. The fraction of sp³-hybridized carbons (Fsp3) is 0.0217. The van der Waals surface area contributed by atoms with Crippen molar-refractivity contribution in [2.45, 2.75) is 6.92 Å². The zero-order chi connectivity index (χ0) is 34.1. The molecule has 0 aliphatic carbocycles. The van der Waals surface area contributed by atoms with Crippen molar-refractivity contribution in [3.05, 3.63) is 176 Å². The fourth-order valence-electron chi connectivity index (χ4n) is 6.66. The molecule has 0 bridgehead atoms. The van der Waals surface area contributed by atoms with Crippen LogP contribution in [0.1, 0.15) is 5.69 Å². The van der Waals surface area contributed by atoms with Gasteiger partial charge in [-0.15, -0.1) is 0 Å². The van der Waals surface area contributed by atoms with Gasteiger partial charge in [-0.05, 0) is 71.6 Å². The molecule has 0 aliphatic heterocycles. The number of aromatic nitrogens is 5. The van der Waals surface area contributed by atoms with E-state index in [1.54, 1.807) is 6.20 Å². The molecule has 4 aromatic heterocycles. The lowest BCUT2D eigenvalue weighted by atomic mass is 9.94. The second kappa shape index (κ2) is 12.9. The standard InChI is InChI=1S/C46H31N5/c1-30-20-21-33-22-23-39-40(27-41(31-11-4-2-5-12-31)49-45(39)44(33)48-30)36-17-8-15-34(25-36)35-16-9-18-37(26-35)46-50-42(32-13-6-3-7-14-32)28-43(51-46)38-19-10-24-47-29-38/h2-29H,1H3. The minimum absolute atomic E-state index is 0.663. The van der Waals surface area contributed by atoms with Crippen LogP contribution in [-0.4, -0.2) is 24.9 Å². The molecule has 0 amide bonds. The normalized spacial score (nSPS) is 11.2. The van der Waals surface area contributed by atoms with Gasteiger partial charge in [-0.25, -0.2) is 15.0 Å². The molecule has 9 aromatic rings. The van der Waals surface area contributed by atoms with Crippen molar-refractivity contribution in [1.82, 2.24) is 24.9 Å². The Morgan fingerprint density at radius 1 is 0.392 bits per heavy atom. The molecule has 0 N–H and O–H groups in total. The summed E-state index contributed by atoms with van der Waals surface area (Å²) in [6.07, 6.45) is 3.62. The van der Waals surface area contributed by atoms with Gasteiger partial charge in [0.25, 0.3) is 0 Å². The van der Waals surface area contributed by atoms with E-state index in [1.165, 1.54) is 0 Å². The van der Waals surface area contributed by atoms with Gasteiger partial charge in [0.1, 0.15) is 0 Å². The van der Waals surface area contributed by atoms with E-state index in [0.717, 1.165) is 89.1 Å². The number of nitrogens with zero attached hydrogens (tertiary/aromatic N) is 5. The highest BCUT2D eigenvalue weighted by Crippen LogP contribution is 2.37. The molecule has 240 valence electrons. The first-order valence-corrected chi connectivity index (χ1v) is 17.0. The van der Waals surface area contributed by atoms with Crippen LogP contribution in [0.2, 0.25) is 0 Å². The lowest BCUT2D eigenvalue weighted by Gasteiger charge is -2.14. The Balaban J connectivity index is 1.18. The largest absolute Gasteiger partial charge is 0.264 e. The quantitative estimate of drug-likeness (QED) is 0.167. The van der Waals surface area contributed by atoms with E-state index in [2.05, 4.69) is 120 Å². The monoisotopic (exact) mass is 653 g/mol. The average molecular weight is 654 g/mol. The van der Waals surface area contributed by atoms with Crippen molar-refractivity contribution < 1.29 is 0 Å². The number of hydrogen-bond donors (Lipinski definition) is 0. The predicted octanol–water partition coefficient (Wildman–Crippen LogP) is 11.3. The van der Waals surface area contributed by atoms with Crippen LogP contribution in [0.15, 0.2) is 170 Å². The molecule has 5 aromatic carbocycles. The van der Waals surface area contributed by atoms with Gasteiger partial charge in [-0.3, -0.25) is 9.97 Å². The summed E-state index contributed by atoms with van der Waals surface area (Å²) in [5.41, 5.74) is 13.8. The van der Waals surface area contributed by atoms with E-state index in [-0.39, 0.29) is 0 Å². The van der Waals surface area contributed by atoms with Gasteiger partial charge in [0.15, 0.2) is 5.82 Å². The number of aryl methyl sites for hydroxylation is 1. The molecule has 51 heavy (non-hydrogen) atoms. The van der Waals surface area contributed by atoms with Crippen LogP contribution in [0.25, 0.3) is 89.2 Å². The number of pyridine rings is 3. The van der Waals surface area contributed by atoms with E-state index in [4.69, 9.17) is 19.9 Å². The Morgan fingerprint density at radius 3 is 1.69 bits per heavy atom. The predicted molar refractivity (Wildman–Crippen MR) is 208 cm³/mol. The Bertz CT molecular complexity index is 2630. The molecule has 0 aliphatic rings. The van der Waals surface area contributed by atoms with E-state index >= 15 is 0 Å². The van der Waals surface area contributed by atoms with Crippen molar-refractivity contribution in [3.63, 3.8) is 0 Å². The van der Waals surface area contributed by atoms with Crippen molar-refractivity contribution in [2.24, 2.45) is 0 Å². The second-order valence-corrected chi connectivity index (χ2v) is 12.6. The average Bonchev–Trinajstić information content (AvgIpc) is 3.21. The highest BCUT2D eigenvalue weighted by atomic mass is 14.9. The summed E-state index contributed by atoms with van der Waals surface area (Å²) in [6.45, 7) is 2.03. The van der Waals surface area contributed by atoms with Crippen LogP contribution in [0, 0.1) is 6.92 Å². The summed E-state index contributed by atoms with van der Waals surface area (Å²) < 4.78 is 0. The van der Waals surface area contributed by atoms with Gasteiger partial charge in [-0.2, -0.15) is 0 Å². The third-order valence-corrected chi connectivity index (χ3v) is 9.23. The number of fused-ring (bicyclic) bond motifs is 3. The second-order valence-electron chi connectivity index (χ2n) is 12.6. The molecular weight excluding hydrogens is 623 g/mol. The van der Waals surface area contributed by atoms with Crippen LogP contribution >= 0.6 is 0 Å². The molecule has 9 rings (SSSR count). The van der Waals surface area contributed by atoms with E-state index < -0.39 is 0 Å². The molecular formula is C46H31N5. The fourth-order valence-corrected chi connectivity index (χ4v) is 6.66. The van der Waals surface area contributed by atoms with Gasteiger partial charge >= 0.3 is 0 Å². The van der Waals surface area contributed by atoms with Crippen LogP contribution in [0.3, 0.4) is 0 Å². The lowest BCUT2D eigenvalue weighted by molar-refractivity contribution is 1.18. The summed E-state index contributed by atoms with van der Waals surface area (Å²) in [5.74, 6) is 0.663. The Kier molecular flexibility index (Phi) is 7.63. The maximum atomic E-state index is 5.20. The van der Waals surface area contributed by atoms with Crippen molar-refractivity contribution in [2.75, 3.05) is 0 Å². The summed E-state index contributed by atoms with van der Waals surface area (Å²) in [7, 11) is 0. The lowest BCUT2D eigenvalue weighted by Crippen LogP contribution is -1.96. The Hall–Kier alpha value is -6.85. The van der Waals surface area contributed by atoms with Crippen LogP contribution < -0.4 is 0 Å². The molecule has 4 heterocycles. The molecule has 0 saturated carbocycles. The summed E-state index contributed by atoms with van der Waals surface area (Å²) in [4.78, 5) is 24.6. The van der Waals surface area contributed by atoms with E-state index in [9.17, 15) is 0 Å². The third-order valence-electron chi connectivity index (χ3n) is 9.23. The van der Waals surface area contributed by atoms with Gasteiger partial charge < -0.3 is 0 Å². The number of benzene rings is 5.